The van der Waals surface area contributed by atoms with Crippen LogP contribution < -0.4 is 0 Å². The summed E-state index contributed by atoms with van der Waals surface area (Å²) in [5.74, 6) is -0.0527. The minimum atomic E-state index is -0.0527. The minimum Gasteiger partial charge on any atom is -0.289 e. The average molecular weight is 181 g/mol. The number of benzene rings is 1. The fraction of sp³-hybridized carbons (Fsp3) is 0.100. The van der Waals surface area contributed by atoms with E-state index in [2.05, 4.69) is 0 Å². The molecular formula is C10H9ClO. The summed E-state index contributed by atoms with van der Waals surface area (Å²) in [6, 6.07) is 9.04. The molecule has 1 rings (SSSR count). The number of hydrogen-bond acceptors (Lipinski definition) is 1. The number of rotatable bonds is 2. The lowest BCUT2D eigenvalue weighted by Crippen LogP contribution is -1.93. The Morgan fingerprint density at radius 1 is 1.33 bits per heavy atom. The van der Waals surface area contributed by atoms with Gasteiger partial charge in [0, 0.05) is 16.7 Å². The van der Waals surface area contributed by atoms with Crippen LogP contribution in [-0.2, 0) is 0 Å². The van der Waals surface area contributed by atoms with E-state index in [1.807, 2.05) is 18.2 Å². The Balaban J connectivity index is 2.87. The van der Waals surface area contributed by atoms with Gasteiger partial charge in [-0.1, -0.05) is 41.9 Å². The largest absolute Gasteiger partial charge is 0.289 e. The predicted molar refractivity (Wildman–Crippen MR) is 50.4 cm³/mol. The van der Waals surface area contributed by atoms with E-state index in [1.165, 1.54) is 6.08 Å². The molecule has 0 unspecified atom stereocenters. The number of hydrogen-bond donors (Lipinski definition) is 0. The minimum absolute atomic E-state index is 0.0527. The highest BCUT2D eigenvalue weighted by molar-refractivity contribution is 6.31. The van der Waals surface area contributed by atoms with Gasteiger partial charge in [-0.15, -0.1) is 0 Å². The molecule has 0 atom stereocenters. The van der Waals surface area contributed by atoms with E-state index in [1.54, 1.807) is 19.1 Å². The van der Waals surface area contributed by atoms with Gasteiger partial charge < -0.3 is 0 Å². The molecule has 0 aliphatic carbocycles. The molecule has 0 amide bonds. The van der Waals surface area contributed by atoms with Crippen molar-refractivity contribution in [3.8, 4) is 0 Å². The number of halogens is 1. The monoisotopic (exact) mass is 180 g/mol. The molecule has 0 aliphatic rings. The Labute approximate surface area is 76.7 Å². The van der Waals surface area contributed by atoms with Crippen molar-refractivity contribution < 1.29 is 4.79 Å². The highest BCUT2D eigenvalue weighted by atomic mass is 35.5. The van der Waals surface area contributed by atoms with Gasteiger partial charge in [-0.3, -0.25) is 4.79 Å². The molecule has 0 aliphatic heterocycles. The molecule has 2 heteroatoms. The van der Waals surface area contributed by atoms with E-state index in [-0.39, 0.29) is 5.78 Å². The molecule has 0 saturated carbocycles. The molecule has 0 heterocycles. The fourth-order valence-electron chi connectivity index (χ4n) is 0.866. The lowest BCUT2D eigenvalue weighted by atomic mass is 10.1. The second-order valence-corrected chi connectivity index (χ2v) is 3.06. The van der Waals surface area contributed by atoms with E-state index in [0.717, 1.165) is 0 Å². The highest BCUT2D eigenvalue weighted by Gasteiger charge is 1.99. The van der Waals surface area contributed by atoms with Crippen molar-refractivity contribution in [2.75, 3.05) is 0 Å². The zero-order chi connectivity index (χ0) is 8.97. The summed E-state index contributed by atoms with van der Waals surface area (Å²) >= 11 is 5.56. The standard InChI is InChI=1S/C10H9ClO/c1-8(11)7-10(12)9-5-3-2-4-6-9/h2-7H,1H3/b8-7+. The van der Waals surface area contributed by atoms with Gasteiger partial charge in [0.2, 0.25) is 0 Å². The van der Waals surface area contributed by atoms with Gasteiger partial charge in [-0.2, -0.15) is 0 Å². The molecule has 12 heavy (non-hydrogen) atoms. The van der Waals surface area contributed by atoms with Crippen LogP contribution in [0.15, 0.2) is 41.4 Å². The van der Waals surface area contributed by atoms with Crippen molar-refractivity contribution >= 4 is 17.4 Å². The van der Waals surface area contributed by atoms with Gasteiger partial charge in [0.25, 0.3) is 0 Å². The smallest absolute Gasteiger partial charge is 0.186 e. The first kappa shape index (κ1) is 9.01. The van der Waals surface area contributed by atoms with Gasteiger partial charge in [-0.25, -0.2) is 0 Å². The molecule has 62 valence electrons. The summed E-state index contributed by atoms with van der Waals surface area (Å²) in [5, 5.41) is 0.504. The summed E-state index contributed by atoms with van der Waals surface area (Å²) in [6.07, 6.45) is 1.41. The number of carbonyl (C=O) groups excluding carboxylic acids is 1. The normalized spacial score (nSPS) is 11.3. The molecule has 0 aromatic heterocycles. The molecular weight excluding hydrogens is 172 g/mol. The van der Waals surface area contributed by atoms with Crippen LogP contribution in [0.25, 0.3) is 0 Å². The van der Waals surface area contributed by atoms with Crippen molar-refractivity contribution in [1.82, 2.24) is 0 Å². The Morgan fingerprint density at radius 3 is 2.42 bits per heavy atom. The van der Waals surface area contributed by atoms with Crippen LogP contribution in [0.2, 0.25) is 0 Å². The highest BCUT2D eigenvalue weighted by Crippen LogP contribution is 2.05. The Morgan fingerprint density at radius 2 is 1.92 bits per heavy atom. The Kier molecular flexibility index (Phi) is 3.06. The summed E-state index contributed by atoms with van der Waals surface area (Å²) in [4.78, 5) is 11.3. The van der Waals surface area contributed by atoms with E-state index in [0.29, 0.717) is 10.6 Å². The maximum atomic E-state index is 11.3. The molecule has 0 bridgehead atoms. The Bertz CT molecular complexity index is 297. The number of allylic oxidation sites excluding steroid dienone is 2. The third kappa shape index (κ3) is 2.51. The first-order chi connectivity index (χ1) is 5.70. The molecule has 0 radical (unpaired) electrons. The zero-order valence-electron chi connectivity index (χ0n) is 6.75. The summed E-state index contributed by atoms with van der Waals surface area (Å²) in [6.45, 7) is 1.68. The zero-order valence-corrected chi connectivity index (χ0v) is 7.51. The molecule has 0 fully saturated rings. The SMILES string of the molecule is C/C(Cl)=C\C(=O)c1ccccc1. The average Bonchev–Trinajstić information content (AvgIpc) is 2.05. The maximum Gasteiger partial charge on any atom is 0.186 e. The summed E-state index contributed by atoms with van der Waals surface area (Å²) in [5.41, 5.74) is 0.664. The third-order valence-electron chi connectivity index (χ3n) is 1.39. The van der Waals surface area contributed by atoms with E-state index < -0.39 is 0 Å². The number of carbonyl (C=O) groups is 1. The van der Waals surface area contributed by atoms with Crippen LogP contribution in [0.3, 0.4) is 0 Å². The summed E-state index contributed by atoms with van der Waals surface area (Å²) < 4.78 is 0. The first-order valence-electron chi connectivity index (χ1n) is 3.63. The van der Waals surface area contributed by atoms with Crippen molar-refractivity contribution in [3.63, 3.8) is 0 Å². The third-order valence-corrected chi connectivity index (χ3v) is 1.50. The first-order valence-corrected chi connectivity index (χ1v) is 4.01. The van der Waals surface area contributed by atoms with E-state index >= 15 is 0 Å². The van der Waals surface area contributed by atoms with Crippen LogP contribution in [0.4, 0.5) is 0 Å². The van der Waals surface area contributed by atoms with E-state index in [4.69, 9.17) is 11.6 Å². The lowest BCUT2D eigenvalue weighted by molar-refractivity contribution is 0.104. The molecule has 1 nitrogen and oxygen atoms in total. The quantitative estimate of drug-likeness (QED) is 0.505. The van der Waals surface area contributed by atoms with Crippen molar-refractivity contribution in [3.05, 3.63) is 47.0 Å². The maximum absolute atomic E-state index is 11.3. The topological polar surface area (TPSA) is 17.1 Å². The molecule has 1 aromatic rings. The van der Waals surface area contributed by atoms with Crippen molar-refractivity contribution in [1.29, 1.82) is 0 Å². The molecule has 0 saturated heterocycles. The van der Waals surface area contributed by atoms with Crippen LogP contribution >= 0.6 is 11.6 Å². The lowest BCUT2D eigenvalue weighted by Gasteiger charge is -1.93. The van der Waals surface area contributed by atoms with Crippen LogP contribution in [0.5, 0.6) is 0 Å². The van der Waals surface area contributed by atoms with Gasteiger partial charge >= 0.3 is 0 Å². The van der Waals surface area contributed by atoms with E-state index in [9.17, 15) is 4.79 Å². The van der Waals surface area contributed by atoms with Gasteiger partial charge in [0.15, 0.2) is 5.78 Å². The van der Waals surface area contributed by atoms with Gasteiger partial charge in [-0.05, 0) is 6.92 Å². The van der Waals surface area contributed by atoms with Gasteiger partial charge in [0.1, 0.15) is 0 Å². The molecule has 0 spiro atoms. The Hall–Kier alpha value is -1.08. The van der Waals surface area contributed by atoms with Crippen LogP contribution in [-0.4, -0.2) is 5.78 Å². The summed E-state index contributed by atoms with van der Waals surface area (Å²) in [7, 11) is 0. The fourth-order valence-corrected chi connectivity index (χ4v) is 0.965. The molecule has 0 N–H and O–H groups in total. The predicted octanol–water partition coefficient (Wildman–Crippen LogP) is 3.01. The number of ketones is 1. The van der Waals surface area contributed by atoms with Gasteiger partial charge in [0.05, 0.1) is 0 Å². The second-order valence-electron chi connectivity index (χ2n) is 2.46. The van der Waals surface area contributed by atoms with Crippen LogP contribution in [0, 0.1) is 0 Å². The van der Waals surface area contributed by atoms with Crippen molar-refractivity contribution in [2.24, 2.45) is 0 Å². The van der Waals surface area contributed by atoms with Crippen molar-refractivity contribution in [2.45, 2.75) is 6.92 Å². The second kappa shape index (κ2) is 4.07. The molecule has 1 aromatic carbocycles. The van der Waals surface area contributed by atoms with Crippen LogP contribution in [0.1, 0.15) is 17.3 Å².